The van der Waals surface area contributed by atoms with Gasteiger partial charge in [-0.15, -0.1) is 0 Å². The summed E-state index contributed by atoms with van der Waals surface area (Å²) < 4.78 is 63.6. The highest BCUT2D eigenvalue weighted by Gasteiger charge is 2.40. The molecule has 1 heterocycles. The van der Waals surface area contributed by atoms with Gasteiger partial charge in [0.05, 0.1) is 38.2 Å². The van der Waals surface area contributed by atoms with Crippen LogP contribution in [0.3, 0.4) is 0 Å². The molecule has 1 fully saturated rings. The van der Waals surface area contributed by atoms with Crippen molar-refractivity contribution >= 4 is 43.1 Å². The highest BCUT2D eigenvalue weighted by Crippen LogP contribution is 2.28. The number of amides is 1. The fraction of sp³-hybridized carbons (Fsp3) is 0.316. The van der Waals surface area contributed by atoms with Crippen LogP contribution in [0, 0.1) is 5.82 Å². The van der Waals surface area contributed by atoms with Crippen molar-refractivity contribution in [3.8, 4) is 0 Å². The van der Waals surface area contributed by atoms with Gasteiger partial charge in [0.25, 0.3) is 15.9 Å². The van der Waals surface area contributed by atoms with Gasteiger partial charge in [0.15, 0.2) is 9.84 Å². The van der Waals surface area contributed by atoms with Crippen LogP contribution in [0.2, 0.25) is 5.02 Å². The van der Waals surface area contributed by atoms with E-state index in [-0.39, 0.29) is 39.1 Å². The van der Waals surface area contributed by atoms with Gasteiger partial charge >= 0.3 is 0 Å². The molecular weight excluding hydrogens is 455 g/mol. The SMILES string of the molecule is CN(c1ccc(F)cc1)S(=O)(=O)c1ccc(Cl)c(C(=O)N[C@]2(C)CCS(=O)(=O)C2)c1. The number of halogens is 2. The van der Waals surface area contributed by atoms with Crippen molar-refractivity contribution in [2.75, 3.05) is 22.9 Å². The Hall–Kier alpha value is -2.17. The second-order valence-electron chi connectivity index (χ2n) is 7.45. The summed E-state index contributed by atoms with van der Waals surface area (Å²) in [5.74, 6) is -1.40. The van der Waals surface area contributed by atoms with Gasteiger partial charge in [-0.05, 0) is 55.8 Å². The fourth-order valence-electron chi connectivity index (χ4n) is 3.24. The number of benzene rings is 2. The molecule has 1 aliphatic heterocycles. The van der Waals surface area contributed by atoms with Crippen molar-refractivity contribution in [2.24, 2.45) is 0 Å². The summed E-state index contributed by atoms with van der Waals surface area (Å²) in [5, 5.41) is 2.69. The average Bonchev–Trinajstić information content (AvgIpc) is 2.94. The summed E-state index contributed by atoms with van der Waals surface area (Å²) in [6.45, 7) is 1.62. The van der Waals surface area contributed by atoms with Crippen molar-refractivity contribution in [1.82, 2.24) is 5.32 Å². The summed E-state index contributed by atoms with van der Waals surface area (Å²) in [7, 11) is -6.00. The Labute approximate surface area is 179 Å². The number of anilines is 1. The van der Waals surface area contributed by atoms with Crippen LogP contribution in [0.15, 0.2) is 47.4 Å². The first-order valence-corrected chi connectivity index (χ1v) is 12.5. The van der Waals surface area contributed by atoms with Crippen molar-refractivity contribution in [1.29, 1.82) is 0 Å². The molecule has 0 radical (unpaired) electrons. The maximum absolute atomic E-state index is 13.1. The number of sulfone groups is 1. The highest BCUT2D eigenvalue weighted by molar-refractivity contribution is 7.92. The van der Waals surface area contributed by atoms with E-state index in [9.17, 15) is 26.0 Å². The van der Waals surface area contributed by atoms with E-state index in [4.69, 9.17) is 11.6 Å². The highest BCUT2D eigenvalue weighted by atomic mass is 35.5. The van der Waals surface area contributed by atoms with E-state index in [2.05, 4.69) is 5.32 Å². The van der Waals surface area contributed by atoms with E-state index in [1.807, 2.05) is 0 Å². The first kappa shape index (κ1) is 22.5. The van der Waals surface area contributed by atoms with Crippen molar-refractivity contribution in [2.45, 2.75) is 23.8 Å². The van der Waals surface area contributed by atoms with E-state index in [0.717, 1.165) is 22.5 Å². The number of nitrogens with one attached hydrogen (secondary N) is 1. The minimum Gasteiger partial charge on any atom is -0.346 e. The van der Waals surface area contributed by atoms with Gasteiger partial charge in [-0.2, -0.15) is 0 Å². The third kappa shape index (κ3) is 4.60. The predicted octanol–water partition coefficient (Wildman–Crippen LogP) is 2.61. The van der Waals surface area contributed by atoms with Crippen LogP contribution in [0.5, 0.6) is 0 Å². The fourth-order valence-corrected chi connectivity index (χ4v) is 6.76. The van der Waals surface area contributed by atoms with Crippen LogP contribution >= 0.6 is 11.6 Å². The molecule has 1 aliphatic rings. The van der Waals surface area contributed by atoms with Crippen molar-refractivity contribution in [3.63, 3.8) is 0 Å². The molecule has 1 amide bonds. The number of hydrogen-bond acceptors (Lipinski definition) is 5. The molecule has 0 aromatic heterocycles. The first-order valence-electron chi connectivity index (χ1n) is 8.90. The molecule has 162 valence electrons. The molecule has 1 saturated heterocycles. The van der Waals surface area contributed by atoms with Gasteiger partial charge in [-0.25, -0.2) is 21.2 Å². The Morgan fingerprint density at radius 1 is 1.20 bits per heavy atom. The molecule has 0 aliphatic carbocycles. The molecule has 2 aromatic rings. The van der Waals surface area contributed by atoms with E-state index < -0.39 is 37.1 Å². The lowest BCUT2D eigenvalue weighted by Crippen LogP contribution is -2.47. The van der Waals surface area contributed by atoms with Crippen LogP contribution in [0.25, 0.3) is 0 Å². The zero-order chi connectivity index (χ0) is 22.3. The lowest BCUT2D eigenvalue weighted by molar-refractivity contribution is 0.0915. The molecule has 30 heavy (non-hydrogen) atoms. The molecule has 1 atom stereocenters. The molecule has 0 unspecified atom stereocenters. The average molecular weight is 475 g/mol. The molecule has 0 saturated carbocycles. The summed E-state index contributed by atoms with van der Waals surface area (Å²) >= 11 is 6.11. The minimum absolute atomic E-state index is 0.0281. The Morgan fingerprint density at radius 3 is 2.40 bits per heavy atom. The normalized spacial score (nSPS) is 20.7. The Balaban J connectivity index is 1.90. The molecular formula is C19H20ClFN2O5S2. The zero-order valence-corrected chi connectivity index (χ0v) is 18.6. The molecule has 7 nitrogen and oxygen atoms in total. The van der Waals surface area contributed by atoms with Crippen molar-refractivity contribution in [3.05, 3.63) is 58.9 Å². The van der Waals surface area contributed by atoms with E-state index in [1.165, 1.54) is 31.3 Å². The minimum atomic E-state index is -4.06. The maximum Gasteiger partial charge on any atom is 0.264 e. The molecule has 1 N–H and O–H groups in total. The predicted molar refractivity (Wildman–Crippen MR) is 113 cm³/mol. The summed E-state index contributed by atoms with van der Waals surface area (Å²) in [6, 6.07) is 8.60. The monoisotopic (exact) mass is 474 g/mol. The quantitative estimate of drug-likeness (QED) is 0.717. The van der Waals surface area contributed by atoms with Gasteiger partial charge < -0.3 is 5.32 Å². The largest absolute Gasteiger partial charge is 0.346 e. The zero-order valence-electron chi connectivity index (χ0n) is 16.2. The van der Waals surface area contributed by atoms with Gasteiger partial charge in [0, 0.05) is 7.05 Å². The van der Waals surface area contributed by atoms with E-state index in [0.29, 0.717) is 0 Å². The number of hydrogen-bond donors (Lipinski definition) is 1. The number of sulfonamides is 1. The van der Waals surface area contributed by atoms with Gasteiger partial charge in [-0.3, -0.25) is 9.10 Å². The Morgan fingerprint density at radius 2 is 1.83 bits per heavy atom. The lowest BCUT2D eigenvalue weighted by Gasteiger charge is -2.24. The third-order valence-electron chi connectivity index (χ3n) is 4.95. The smallest absolute Gasteiger partial charge is 0.264 e. The first-order chi connectivity index (χ1) is 13.8. The molecule has 3 rings (SSSR count). The van der Waals surface area contributed by atoms with Crippen LogP contribution in [0.4, 0.5) is 10.1 Å². The lowest BCUT2D eigenvalue weighted by atomic mass is 10.0. The molecule has 11 heteroatoms. The van der Waals surface area contributed by atoms with E-state index >= 15 is 0 Å². The van der Waals surface area contributed by atoms with Crippen molar-refractivity contribution < 1.29 is 26.0 Å². The summed E-state index contributed by atoms with van der Waals surface area (Å²) in [4.78, 5) is 12.6. The summed E-state index contributed by atoms with van der Waals surface area (Å²) in [5.41, 5.74) is -0.809. The number of carbonyl (C=O) groups excluding carboxylic acids is 1. The van der Waals surface area contributed by atoms with Gasteiger partial charge in [0.2, 0.25) is 0 Å². The van der Waals surface area contributed by atoms with Gasteiger partial charge in [0.1, 0.15) is 5.82 Å². The number of rotatable bonds is 5. The number of carbonyl (C=O) groups is 1. The molecule has 2 aromatic carbocycles. The second kappa shape index (κ2) is 7.82. The number of nitrogens with zero attached hydrogens (tertiary/aromatic N) is 1. The Bertz CT molecular complexity index is 1200. The van der Waals surface area contributed by atoms with Crippen LogP contribution in [-0.2, 0) is 19.9 Å². The molecule has 0 bridgehead atoms. The third-order valence-corrected chi connectivity index (χ3v) is 8.96. The van der Waals surface area contributed by atoms with Crippen LogP contribution in [-0.4, -0.2) is 46.8 Å². The Kier molecular flexibility index (Phi) is 5.87. The summed E-state index contributed by atoms with van der Waals surface area (Å²) in [6.07, 6.45) is 0.254. The van der Waals surface area contributed by atoms with Crippen LogP contribution in [0.1, 0.15) is 23.7 Å². The topological polar surface area (TPSA) is 101 Å². The van der Waals surface area contributed by atoms with Gasteiger partial charge in [-0.1, -0.05) is 11.6 Å². The van der Waals surface area contributed by atoms with Crippen LogP contribution < -0.4 is 9.62 Å². The maximum atomic E-state index is 13.1. The van der Waals surface area contributed by atoms with E-state index in [1.54, 1.807) is 6.92 Å². The standard InChI is InChI=1S/C19H20ClFN2O5S2/c1-19(9-10-29(25,26)12-19)22-18(24)16-11-15(7-8-17(16)20)30(27,28)23(2)14-5-3-13(21)4-6-14/h3-8,11H,9-10,12H2,1-2H3,(H,22,24)/t19-/m1/s1. The molecule has 0 spiro atoms. The second-order valence-corrected chi connectivity index (χ2v) is 12.0.